The molecule has 94 valence electrons. The molecule has 3 N–H and O–H groups in total. The van der Waals surface area contributed by atoms with Crippen LogP contribution in [0.5, 0.6) is 0 Å². The van der Waals surface area contributed by atoms with Gasteiger partial charge in [-0.25, -0.2) is 0 Å². The van der Waals surface area contributed by atoms with Crippen LogP contribution in [0.4, 0.5) is 11.4 Å². The van der Waals surface area contributed by atoms with E-state index in [1.54, 1.807) is 0 Å². The molecule has 0 fully saturated rings. The summed E-state index contributed by atoms with van der Waals surface area (Å²) in [6.07, 6.45) is 1.91. The summed E-state index contributed by atoms with van der Waals surface area (Å²) in [5, 5.41) is 2.90. The zero-order valence-corrected chi connectivity index (χ0v) is 11.1. The fraction of sp³-hybridized carbons (Fsp3) is 0.500. The molecule has 0 radical (unpaired) electrons. The third-order valence-corrected chi connectivity index (χ3v) is 3.09. The van der Waals surface area contributed by atoms with Crippen molar-refractivity contribution in [1.82, 2.24) is 0 Å². The van der Waals surface area contributed by atoms with E-state index in [1.807, 2.05) is 32.9 Å². The Morgan fingerprint density at radius 1 is 1.35 bits per heavy atom. The van der Waals surface area contributed by atoms with Crippen LogP contribution in [-0.2, 0) is 4.79 Å². The average molecular weight is 234 g/mol. The topological polar surface area (TPSA) is 55.1 Å². The Balaban J connectivity index is 2.81. The number of carbonyl (C=O) groups is 1. The maximum atomic E-state index is 11.9. The van der Waals surface area contributed by atoms with Crippen LogP contribution in [0.1, 0.15) is 37.8 Å². The lowest BCUT2D eigenvalue weighted by Crippen LogP contribution is -2.21. The predicted octanol–water partition coefficient (Wildman–Crippen LogP) is 3.26. The lowest BCUT2D eigenvalue weighted by atomic mass is 10.0. The van der Waals surface area contributed by atoms with Gasteiger partial charge < -0.3 is 11.1 Å². The van der Waals surface area contributed by atoms with Crippen LogP contribution in [0.15, 0.2) is 12.1 Å². The number of anilines is 2. The second-order valence-corrected chi connectivity index (χ2v) is 4.70. The number of carbonyl (C=O) groups excluding carboxylic acids is 1. The monoisotopic (exact) mass is 234 g/mol. The quantitative estimate of drug-likeness (QED) is 0.786. The molecule has 0 bridgehead atoms. The van der Waals surface area contributed by atoms with Crippen molar-refractivity contribution in [3.8, 4) is 0 Å². The molecule has 1 amide bonds. The number of nitrogens with two attached hydrogens (primary N) is 1. The molecule has 3 heteroatoms. The Hall–Kier alpha value is -1.51. The first kappa shape index (κ1) is 13.6. The molecule has 0 aromatic heterocycles. The van der Waals surface area contributed by atoms with E-state index in [1.165, 1.54) is 0 Å². The number of hydrogen-bond donors (Lipinski definition) is 2. The van der Waals surface area contributed by atoms with Crippen molar-refractivity contribution in [1.29, 1.82) is 0 Å². The molecular formula is C14H22N2O. The second kappa shape index (κ2) is 5.71. The Morgan fingerprint density at radius 3 is 2.53 bits per heavy atom. The summed E-state index contributed by atoms with van der Waals surface area (Å²) in [6.45, 7) is 8.04. The van der Waals surface area contributed by atoms with Crippen molar-refractivity contribution in [2.45, 2.75) is 40.5 Å². The van der Waals surface area contributed by atoms with Gasteiger partial charge in [-0.3, -0.25) is 4.79 Å². The average Bonchev–Trinajstić information content (AvgIpc) is 2.26. The maximum absolute atomic E-state index is 11.9. The van der Waals surface area contributed by atoms with Gasteiger partial charge in [0.05, 0.1) is 11.4 Å². The zero-order valence-electron chi connectivity index (χ0n) is 11.1. The molecule has 0 aliphatic carbocycles. The fourth-order valence-electron chi connectivity index (χ4n) is 1.77. The Labute approximate surface area is 103 Å². The molecule has 17 heavy (non-hydrogen) atoms. The van der Waals surface area contributed by atoms with Gasteiger partial charge in [0.1, 0.15) is 0 Å². The number of aryl methyl sites for hydroxylation is 2. The van der Waals surface area contributed by atoms with E-state index in [-0.39, 0.29) is 11.8 Å². The van der Waals surface area contributed by atoms with E-state index in [0.717, 1.165) is 29.7 Å². The Morgan fingerprint density at radius 2 is 1.94 bits per heavy atom. The minimum Gasteiger partial charge on any atom is -0.397 e. The molecule has 0 saturated carbocycles. The summed E-state index contributed by atoms with van der Waals surface area (Å²) in [4.78, 5) is 11.9. The van der Waals surface area contributed by atoms with Crippen LogP contribution in [0.25, 0.3) is 0 Å². The van der Waals surface area contributed by atoms with E-state index in [0.29, 0.717) is 5.69 Å². The van der Waals surface area contributed by atoms with Crippen LogP contribution < -0.4 is 11.1 Å². The van der Waals surface area contributed by atoms with Crippen molar-refractivity contribution in [3.05, 3.63) is 23.3 Å². The van der Waals surface area contributed by atoms with E-state index in [2.05, 4.69) is 12.2 Å². The van der Waals surface area contributed by atoms with Gasteiger partial charge in [0.25, 0.3) is 0 Å². The molecule has 1 rings (SSSR count). The number of amides is 1. The summed E-state index contributed by atoms with van der Waals surface area (Å²) in [7, 11) is 0. The largest absolute Gasteiger partial charge is 0.397 e. The minimum atomic E-state index is 0.0287. The van der Waals surface area contributed by atoms with Crippen molar-refractivity contribution in [2.24, 2.45) is 5.92 Å². The van der Waals surface area contributed by atoms with Crippen molar-refractivity contribution in [3.63, 3.8) is 0 Å². The van der Waals surface area contributed by atoms with Gasteiger partial charge in [0, 0.05) is 5.92 Å². The summed E-state index contributed by atoms with van der Waals surface area (Å²) in [5.41, 5.74) is 9.53. The van der Waals surface area contributed by atoms with Crippen LogP contribution in [-0.4, -0.2) is 5.91 Å². The first-order chi connectivity index (χ1) is 7.95. The summed E-state index contributed by atoms with van der Waals surface area (Å²) >= 11 is 0. The third kappa shape index (κ3) is 3.48. The van der Waals surface area contributed by atoms with Gasteiger partial charge in [-0.2, -0.15) is 0 Å². The molecular weight excluding hydrogens is 212 g/mol. The molecule has 0 aliphatic rings. The van der Waals surface area contributed by atoms with Gasteiger partial charge >= 0.3 is 0 Å². The van der Waals surface area contributed by atoms with E-state index in [4.69, 9.17) is 5.73 Å². The summed E-state index contributed by atoms with van der Waals surface area (Å²) in [6, 6.07) is 3.83. The highest BCUT2D eigenvalue weighted by Crippen LogP contribution is 2.23. The lowest BCUT2D eigenvalue weighted by molar-refractivity contribution is -0.119. The third-order valence-electron chi connectivity index (χ3n) is 3.09. The molecule has 3 nitrogen and oxygen atoms in total. The molecule has 1 aromatic rings. The molecule has 1 aromatic carbocycles. The maximum Gasteiger partial charge on any atom is 0.227 e. The highest BCUT2D eigenvalue weighted by atomic mass is 16.1. The van der Waals surface area contributed by atoms with E-state index in [9.17, 15) is 4.79 Å². The first-order valence-corrected chi connectivity index (χ1v) is 6.13. The summed E-state index contributed by atoms with van der Waals surface area (Å²) < 4.78 is 0. The van der Waals surface area contributed by atoms with E-state index >= 15 is 0 Å². The van der Waals surface area contributed by atoms with Gasteiger partial charge in [0.2, 0.25) is 5.91 Å². The molecule has 0 spiro atoms. The fourth-order valence-corrected chi connectivity index (χ4v) is 1.77. The number of benzene rings is 1. The van der Waals surface area contributed by atoms with Gasteiger partial charge in [-0.15, -0.1) is 0 Å². The molecule has 0 aliphatic heterocycles. The van der Waals surface area contributed by atoms with Gasteiger partial charge in [-0.1, -0.05) is 20.3 Å². The normalized spacial score (nSPS) is 12.2. The molecule has 0 unspecified atom stereocenters. The lowest BCUT2D eigenvalue weighted by Gasteiger charge is -2.14. The van der Waals surface area contributed by atoms with Gasteiger partial charge in [-0.05, 0) is 43.5 Å². The van der Waals surface area contributed by atoms with Crippen LogP contribution in [0.3, 0.4) is 0 Å². The predicted molar refractivity (Wildman–Crippen MR) is 73.0 cm³/mol. The van der Waals surface area contributed by atoms with Crippen molar-refractivity contribution >= 4 is 17.3 Å². The molecule has 1 atom stereocenters. The van der Waals surface area contributed by atoms with Crippen LogP contribution >= 0.6 is 0 Å². The highest BCUT2D eigenvalue weighted by molar-refractivity contribution is 5.95. The second-order valence-electron chi connectivity index (χ2n) is 4.70. The smallest absolute Gasteiger partial charge is 0.227 e. The van der Waals surface area contributed by atoms with Gasteiger partial charge in [0.15, 0.2) is 0 Å². The van der Waals surface area contributed by atoms with E-state index < -0.39 is 0 Å². The van der Waals surface area contributed by atoms with Crippen molar-refractivity contribution in [2.75, 3.05) is 11.1 Å². The van der Waals surface area contributed by atoms with Crippen LogP contribution in [0.2, 0.25) is 0 Å². The minimum absolute atomic E-state index is 0.0287. The Kier molecular flexibility index (Phi) is 4.55. The zero-order chi connectivity index (χ0) is 13.0. The number of rotatable bonds is 4. The highest BCUT2D eigenvalue weighted by Gasteiger charge is 2.13. The molecule has 0 heterocycles. The van der Waals surface area contributed by atoms with Crippen LogP contribution in [0, 0.1) is 19.8 Å². The number of nitrogens with one attached hydrogen (secondary N) is 1. The number of nitrogen functional groups attached to an aromatic ring is 1. The Bertz CT molecular complexity index is 413. The first-order valence-electron chi connectivity index (χ1n) is 6.13. The van der Waals surface area contributed by atoms with Crippen molar-refractivity contribution < 1.29 is 4.79 Å². The SMILES string of the molecule is CCC[C@@H](C)C(=O)Nc1cc(C)c(C)cc1N. The molecule has 0 saturated heterocycles. The standard InChI is InChI=1S/C14H22N2O/c1-5-6-9(2)14(17)16-13-8-11(4)10(3)7-12(13)15/h7-9H,5-6,15H2,1-4H3,(H,16,17)/t9-/m1/s1. The summed E-state index contributed by atoms with van der Waals surface area (Å²) in [5.74, 6) is 0.0720. The number of hydrogen-bond acceptors (Lipinski definition) is 2.